The van der Waals surface area contributed by atoms with E-state index in [0.717, 1.165) is 13.0 Å². The summed E-state index contributed by atoms with van der Waals surface area (Å²) in [6, 6.07) is 5.11. The third-order valence-corrected chi connectivity index (χ3v) is 3.87. The van der Waals surface area contributed by atoms with E-state index in [1.807, 2.05) is 7.05 Å². The first kappa shape index (κ1) is 14.2. The summed E-state index contributed by atoms with van der Waals surface area (Å²) in [4.78, 5) is 2.10. The Balaban J connectivity index is 2.39. The number of likely N-dealkylation sites (tertiary alicyclic amines) is 1. The Morgan fingerprint density at radius 3 is 2.74 bits per heavy atom. The summed E-state index contributed by atoms with van der Waals surface area (Å²) >= 11 is 0. The molecule has 1 aromatic carbocycles. The fraction of sp³-hybridized carbons (Fsp3) is 0.571. The zero-order valence-corrected chi connectivity index (χ0v) is 11.3. The number of methoxy groups -OCH3 is 1. The molecule has 2 atom stereocenters. The van der Waals surface area contributed by atoms with E-state index in [-0.39, 0.29) is 17.4 Å². The number of hydrogen-bond acceptors (Lipinski definition) is 3. The van der Waals surface area contributed by atoms with Crippen LogP contribution in [-0.2, 0) is 0 Å². The summed E-state index contributed by atoms with van der Waals surface area (Å²) in [5, 5.41) is 0. The van der Waals surface area contributed by atoms with Crippen molar-refractivity contribution in [3.63, 3.8) is 0 Å². The number of ether oxygens (including phenoxy) is 1. The summed E-state index contributed by atoms with van der Waals surface area (Å²) in [5.74, 6) is 0.629. The van der Waals surface area contributed by atoms with Gasteiger partial charge in [0.15, 0.2) is 0 Å². The van der Waals surface area contributed by atoms with Crippen LogP contribution in [0.4, 0.5) is 8.78 Å². The largest absolute Gasteiger partial charge is 0.496 e. The van der Waals surface area contributed by atoms with Crippen molar-refractivity contribution in [1.29, 1.82) is 0 Å². The van der Waals surface area contributed by atoms with E-state index in [2.05, 4.69) is 4.90 Å². The average molecular weight is 270 g/mol. The molecule has 2 N–H and O–H groups in total. The summed E-state index contributed by atoms with van der Waals surface area (Å²) in [7, 11) is 3.38. The maximum Gasteiger partial charge on any atom is 0.267 e. The number of nitrogens with two attached hydrogens (primary N) is 1. The van der Waals surface area contributed by atoms with Gasteiger partial charge in [0.05, 0.1) is 12.7 Å². The molecule has 2 unspecified atom stereocenters. The zero-order chi connectivity index (χ0) is 14.0. The van der Waals surface area contributed by atoms with Crippen molar-refractivity contribution >= 4 is 0 Å². The van der Waals surface area contributed by atoms with Crippen molar-refractivity contribution in [1.82, 2.24) is 4.90 Å². The molecule has 5 heteroatoms. The second-order valence-electron chi connectivity index (χ2n) is 5.06. The molecule has 0 aromatic heterocycles. The highest BCUT2D eigenvalue weighted by Gasteiger charge is 2.33. The van der Waals surface area contributed by atoms with Gasteiger partial charge in [-0.05, 0) is 37.6 Å². The number of hydrogen-bond donors (Lipinski definition) is 1. The van der Waals surface area contributed by atoms with Crippen LogP contribution in [0.25, 0.3) is 0 Å². The molecule has 0 saturated carbocycles. The van der Waals surface area contributed by atoms with E-state index >= 15 is 0 Å². The fourth-order valence-corrected chi connectivity index (χ4v) is 2.90. The van der Waals surface area contributed by atoms with Crippen LogP contribution < -0.4 is 10.5 Å². The van der Waals surface area contributed by atoms with Gasteiger partial charge in [-0.1, -0.05) is 12.1 Å². The second-order valence-corrected chi connectivity index (χ2v) is 5.06. The molecule has 1 aliphatic rings. The molecule has 1 aliphatic heterocycles. The summed E-state index contributed by atoms with van der Waals surface area (Å²) in [6.45, 7) is 1.44. The van der Waals surface area contributed by atoms with Crippen LogP contribution in [0.5, 0.6) is 5.75 Å². The number of benzene rings is 1. The average Bonchev–Trinajstić information content (AvgIpc) is 2.78. The quantitative estimate of drug-likeness (QED) is 0.914. The Labute approximate surface area is 112 Å². The van der Waals surface area contributed by atoms with Gasteiger partial charge < -0.3 is 10.5 Å². The van der Waals surface area contributed by atoms with Crippen LogP contribution in [0.1, 0.15) is 30.0 Å². The molecule has 0 spiro atoms. The van der Waals surface area contributed by atoms with Crippen LogP contribution in [0.2, 0.25) is 0 Å². The molecule has 0 aliphatic carbocycles. The highest BCUT2D eigenvalue weighted by molar-refractivity contribution is 5.43. The van der Waals surface area contributed by atoms with Crippen molar-refractivity contribution in [3.8, 4) is 5.75 Å². The van der Waals surface area contributed by atoms with Gasteiger partial charge in [0, 0.05) is 12.6 Å². The molecule has 0 bridgehead atoms. The molecule has 1 fully saturated rings. The lowest BCUT2D eigenvalue weighted by Crippen LogP contribution is -2.21. The minimum absolute atomic E-state index is 0.00681. The maximum absolute atomic E-state index is 13.3. The first-order valence-corrected chi connectivity index (χ1v) is 6.43. The first-order chi connectivity index (χ1) is 9.08. The third kappa shape index (κ3) is 2.72. The standard InChI is InChI=1S/C14H20F2N2O/c1-18-8-9(7-17)6-11(18)10-4-3-5-12(19-2)13(10)14(15)16/h3-5,9,11,14H,6-8,17H2,1-2H3. The Morgan fingerprint density at radius 2 is 2.21 bits per heavy atom. The van der Waals surface area contributed by atoms with Crippen LogP contribution >= 0.6 is 0 Å². The van der Waals surface area contributed by atoms with Gasteiger partial charge in [-0.2, -0.15) is 0 Å². The minimum Gasteiger partial charge on any atom is -0.496 e. The van der Waals surface area contributed by atoms with Crippen LogP contribution in [0, 0.1) is 5.92 Å². The fourth-order valence-electron chi connectivity index (χ4n) is 2.90. The van der Waals surface area contributed by atoms with Crippen molar-refractivity contribution in [2.45, 2.75) is 18.9 Å². The molecule has 19 heavy (non-hydrogen) atoms. The number of alkyl halides is 2. The molecular weight excluding hydrogens is 250 g/mol. The predicted octanol–water partition coefficient (Wildman–Crippen LogP) is 2.58. The van der Waals surface area contributed by atoms with Crippen LogP contribution in [-0.4, -0.2) is 32.1 Å². The molecule has 3 nitrogen and oxygen atoms in total. The van der Waals surface area contributed by atoms with Crippen LogP contribution in [0.15, 0.2) is 18.2 Å². The van der Waals surface area contributed by atoms with E-state index < -0.39 is 6.43 Å². The highest BCUT2D eigenvalue weighted by Crippen LogP contribution is 2.41. The SMILES string of the molecule is COc1cccc(C2CC(CN)CN2C)c1C(F)F. The molecule has 2 rings (SSSR count). The molecular formula is C14H20F2N2O. The van der Waals surface area contributed by atoms with Gasteiger partial charge >= 0.3 is 0 Å². The van der Waals surface area contributed by atoms with Crippen molar-refractivity contribution in [2.75, 3.05) is 27.2 Å². The number of halogens is 2. The Hall–Kier alpha value is -1.20. The van der Waals surface area contributed by atoms with Gasteiger partial charge in [0.25, 0.3) is 6.43 Å². The zero-order valence-electron chi connectivity index (χ0n) is 11.3. The molecule has 1 saturated heterocycles. The molecule has 106 valence electrons. The first-order valence-electron chi connectivity index (χ1n) is 6.43. The van der Waals surface area contributed by atoms with Gasteiger partial charge in [-0.3, -0.25) is 4.90 Å². The molecule has 1 heterocycles. The highest BCUT2D eigenvalue weighted by atomic mass is 19.3. The monoisotopic (exact) mass is 270 g/mol. The number of rotatable bonds is 4. The Bertz CT molecular complexity index is 439. The van der Waals surface area contributed by atoms with Crippen molar-refractivity contribution < 1.29 is 13.5 Å². The molecule has 0 radical (unpaired) electrons. The smallest absolute Gasteiger partial charge is 0.267 e. The van der Waals surface area contributed by atoms with Crippen LogP contribution in [0.3, 0.4) is 0 Å². The number of nitrogens with zero attached hydrogens (tertiary/aromatic N) is 1. The van der Waals surface area contributed by atoms with E-state index in [1.165, 1.54) is 7.11 Å². The van der Waals surface area contributed by atoms with E-state index in [9.17, 15) is 8.78 Å². The van der Waals surface area contributed by atoms with E-state index in [0.29, 0.717) is 18.0 Å². The lowest BCUT2D eigenvalue weighted by molar-refractivity contribution is 0.143. The lowest BCUT2D eigenvalue weighted by atomic mass is 9.95. The van der Waals surface area contributed by atoms with E-state index in [4.69, 9.17) is 10.5 Å². The predicted molar refractivity (Wildman–Crippen MR) is 70.5 cm³/mol. The topological polar surface area (TPSA) is 38.5 Å². The van der Waals surface area contributed by atoms with Gasteiger partial charge in [-0.25, -0.2) is 8.78 Å². The Kier molecular flexibility index (Phi) is 4.37. The molecule has 0 amide bonds. The van der Waals surface area contributed by atoms with Gasteiger partial charge in [0.1, 0.15) is 5.75 Å². The second kappa shape index (κ2) is 5.84. The maximum atomic E-state index is 13.3. The summed E-state index contributed by atoms with van der Waals surface area (Å²) in [5.41, 5.74) is 6.36. The Morgan fingerprint density at radius 1 is 1.47 bits per heavy atom. The van der Waals surface area contributed by atoms with Crippen molar-refractivity contribution in [3.05, 3.63) is 29.3 Å². The van der Waals surface area contributed by atoms with Gasteiger partial charge in [-0.15, -0.1) is 0 Å². The van der Waals surface area contributed by atoms with Crippen molar-refractivity contribution in [2.24, 2.45) is 11.7 Å². The third-order valence-electron chi connectivity index (χ3n) is 3.87. The minimum atomic E-state index is -2.53. The lowest BCUT2D eigenvalue weighted by Gasteiger charge is -2.23. The van der Waals surface area contributed by atoms with E-state index in [1.54, 1.807) is 18.2 Å². The van der Waals surface area contributed by atoms with Gasteiger partial charge in [0.2, 0.25) is 0 Å². The summed E-state index contributed by atoms with van der Waals surface area (Å²) in [6.07, 6.45) is -1.71. The molecule has 1 aromatic rings. The normalized spacial score (nSPS) is 24.1. The summed E-state index contributed by atoms with van der Waals surface area (Å²) < 4.78 is 31.7.